The number of aromatic hydroxyl groups is 1. The molecule has 0 aliphatic carbocycles. The van der Waals surface area contributed by atoms with E-state index in [1.807, 2.05) is 19.1 Å². The number of benzene rings is 1. The largest absolute Gasteiger partial charge is 0.508 e. The number of aryl methyl sites for hydroxylation is 1. The van der Waals surface area contributed by atoms with Crippen LogP contribution < -0.4 is 5.32 Å². The van der Waals surface area contributed by atoms with E-state index in [1.54, 1.807) is 6.07 Å². The Morgan fingerprint density at radius 2 is 1.95 bits per heavy atom. The molecule has 1 aromatic rings. The Labute approximate surface area is 121 Å². The highest BCUT2D eigenvalue weighted by molar-refractivity contribution is 5.37. The van der Waals surface area contributed by atoms with Crippen molar-refractivity contribution in [2.45, 2.75) is 26.8 Å². The zero-order valence-corrected chi connectivity index (χ0v) is 12.7. The third kappa shape index (κ3) is 3.14. The normalized spacial score (nSPS) is 19.0. The molecule has 1 atom stereocenters. The Morgan fingerprint density at radius 3 is 2.50 bits per heavy atom. The predicted octanol–water partition coefficient (Wildman–Crippen LogP) is 1.67. The molecule has 112 valence electrons. The highest BCUT2D eigenvalue weighted by atomic mass is 16.3. The van der Waals surface area contributed by atoms with Crippen LogP contribution in [-0.4, -0.2) is 47.9 Å². The highest BCUT2D eigenvalue weighted by Crippen LogP contribution is 2.39. The number of nitrogens with zero attached hydrogens (tertiary/aromatic N) is 1. The molecule has 1 saturated heterocycles. The minimum atomic E-state index is -0.221. The van der Waals surface area contributed by atoms with E-state index < -0.39 is 0 Å². The summed E-state index contributed by atoms with van der Waals surface area (Å²) in [5.74, 6) is 0.328. The van der Waals surface area contributed by atoms with Gasteiger partial charge < -0.3 is 15.5 Å². The number of aliphatic hydroxyl groups is 1. The van der Waals surface area contributed by atoms with Crippen molar-refractivity contribution < 1.29 is 10.2 Å². The van der Waals surface area contributed by atoms with Crippen LogP contribution in [0.25, 0.3) is 0 Å². The molecular formula is C16H26N2O2. The van der Waals surface area contributed by atoms with Crippen molar-refractivity contribution in [1.82, 2.24) is 10.2 Å². The van der Waals surface area contributed by atoms with Gasteiger partial charge in [0.05, 0.1) is 0 Å². The number of rotatable bonds is 4. The second-order valence-corrected chi connectivity index (χ2v) is 6.38. The minimum absolute atomic E-state index is 0.140. The first-order valence-corrected chi connectivity index (χ1v) is 7.31. The van der Waals surface area contributed by atoms with Crippen LogP contribution in [0, 0.1) is 12.3 Å². The van der Waals surface area contributed by atoms with Gasteiger partial charge in [-0.2, -0.15) is 0 Å². The molecule has 1 heterocycles. The number of piperazine rings is 1. The summed E-state index contributed by atoms with van der Waals surface area (Å²) in [6.07, 6.45) is 0. The first-order valence-electron chi connectivity index (χ1n) is 7.31. The number of hydrogen-bond acceptors (Lipinski definition) is 4. The van der Waals surface area contributed by atoms with Crippen LogP contribution in [0.3, 0.4) is 0 Å². The van der Waals surface area contributed by atoms with Crippen molar-refractivity contribution in [3.05, 3.63) is 29.3 Å². The van der Waals surface area contributed by atoms with E-state index in [0.29, 0.717) is 5.75 Å². The van der Waals surface area contributed by atoms with Gasteiger partial charge in [-0.25, -0.2) is 0 Å². The van der Waals surface area contributed by atoms with Crippen LogP contribution in [0.4, 0.5) is 0 Å². The van der Waals surface area contributed by atoms with Crippen LogP contribution in [0.5, 0.6) is 5.75 Å². The molecule has 0 amide bonds. The fraction of sp³-hybridized carbons (Fsp3) is 0.625. The van der Waals surface area contributed by atoms with Crippen molar-refractivity contribution in [2.75, 3.05) is 32.8 Å². The average Bonchev–Trinajstić information content (AvgIpc) is 2.44. The van der Waals surface area contributed by atoms with Gasteiger partial charge in [0, 0.05) is 44.2 Å². The second kappa shape index (κ2) is 6.12. The first kappa shape index (κ1) is 15.3. The molecule has 0 spiro atoms. The molecule has 0 saturated carbocycles. The van der Waals surface area contributed by atoms with E-state index in [1.165, 1.54) is 5.56 Å². The van der Waals surface area contributed by atoms with Gasteiger partial charge >= 0.3 is 0 Å². The molecule has 3 N–H and O–H groups in total. The van der Waals surface area contributed by atoms with E-state index in [-0.39, 0.29) is 18.1 Å². The number of phenolic OH excluding ortho intramolecular Hbond substituents is 1. The van der Waals surface area contributed by atoms with Gasteiger partial charge in [-0.15, -0.1) is 0 Å². The Hall–Kier alpha value is -1.10. The molecule has 4 nitrogen and oxygen atoms in total. The number of hydrogen-bond donors (Lipinski definition) is 3. The molecule has 1 aromatic carbocycles. The maximum Gasteiger partial charge on any atom is 0.118 e. The fourth-order valence-corrected chi connectivity index (χ4v) is 3.03. The molecule has 4 heteroatoms. The summed E-state index contributed by atoms with van der Waals surface area (Å²) >= 11 is 0. The Kier molecular flexibility index (Phi) is 4.68. The number of aliphatic hydroxyl groups excluding tert-OH is 1. The summed E-state index contributed by atoms with van der Waals surface area (Å²) in [4.78, 5) is 2.43. The topological polar surface area (TPSA) is 55.7 Å². The maximum absolute atomic E-state index is 9.79. The van der Waals surface area contributed by atoms with E-state index in [4.69, 9.17) is 0 Å². The summed E-state index contributed by atoms with van der Waals surface area (Å²) in [5.41, 5.74) is 1.83. The lowest BCUT2D eigenvalue weighted by Crippen LogP contribution is -2.49. The monoisotopic (exact) mass is 278 g/mol. The molecule has 20 heavy (non-hydrogen) atoms. The highest BCUT2D eigenvalue weighted by Gasteiger charge is 2.35. The third-order valence-corrected chi connectivity index (χ3v) is 4.20. The van der Waals surface area contributed by atoms with Crippen LogP contribution in [0.15, 0.2) is 18.2 Å². The van der Waals surface area contributed by atoms with E-state index in [2.05, 4.69) is 24.1 Å². The van der Waals surface area contributed by atoms with Crippen molar-refractivity contribution >= 4 is 0 Å². The Balaban J connectivity index is 2.36. The smallest absolute Gasteiger partial charge is 0.118 e. The lowest BCUT2D eigenvalue weighted by Gasteiger charge is -2.43. The van der Waals surface area contributed by atoms with Gasteiger partial charge in [-0.05, 0) is 24.1 Å². The van der Waals surface area contributed by atoms with Gasteiger partial charge in [-0.3, -0.25) is 4.90 Å². The zero-order chi connectivity index (χ0) is 14.8. The lowest BCUT2D eigenvalue weighted by molar-refractivity contribution is 0.0305. The molecule has 0 bridgehead atoms. The van der Waals surface area contributed by atoms with E-state index in [0.717, 1.165) is 31.7 Å². The minimum Gasteiger partial charge on any atom is -0.508 e. The summed E-state index contributed by atoms with van der Waals surface area (Å²) in [5, 5.41) is 22.9. The lowest BCUT2D eigenvalue weighted by atomic mass is 9.79. The molecule has 0 unspecified atom stereocenters. The van der Waals surface area contributed by atoms with Gasteiger partial charge in [-0.1, -0.05) is 26.0 Å². The van der Waals surface area contributed by atoms with Crippen LogP contribution in [0.1, 0.15) is 31.0 Å². The van der Waals surface area contributed by atoms with E-state index in [9.17, 15) is 10.2 Å². The van der Waals surface area contributed by atoms with Crippen LogP contribution >= 0.6 is 0 Å². The number of nitrogens with one attached hydrogen (secondary N) is 1. The Bertz CT molecular complexity index is 454. The van der Waals surface area contributed by atoms with Crippen LogP contribution in [-0.2, 0) is 0 Å². The summed E-state index contributed by atoms with van der Waals surface area (Å²) < 4.78 is 0. The number of phenols is 1. The quantitative estimate of drug-likeness (QED) is 0.784. The van der Waals surface area contributed by atoms with Crippen molar-refractivity contribution in [2.24, 2.45) is 5.41 Å². The van der Waals surface area contributed by atoms with Gasteiger partial charge in [0.25, 0.3) is 0 Å². The van der Waals surface area contributed by atoms with Crippen LogP contribution in [0.2, 0.25) is 0 Å². The summed E-state index contributed by atoms with van der Waals surface area (Å²) in [6.45, 7) is 10.2. The first-order chi connectivity index (χ1) is 9.45. The fourth-order valence-electron chi connectivity index (χ4n) is 3.03. The van der Waals surface area contributed by atoms with Crippen molar-refractivity contribution in [3.63, 3.8) is 0 Å². The third-order valence-electron chi connectivity index (χ3n) is 4.20. The average molecular weight is 278 g/mol. The van der Waals surface area contributed by atoms with Crippen molar-refractivity contribution in [3.8, 4) is 5.75 Å². The standard InChI is InChI=1S/C16H26N2O2/c1-12-10-13(4-5-14(12)20)15(16(2,3)11-19)18-8-6-17-7-9-18/h4-5,10,15,17,19-20H,6-9,11H2,1-3H3/t15-/m1/s1. The molecular weight excluding hydrogens is 252 g/mol. The summed E-state index contributed by atoms with van der Waals surface area (Å²) in [6, 6.07) is 5.94. The SMILES string of the molecule is Cc1cc([C@@H](N2CCNCC2)C(C)(C)CO)ccc1O. The predicted molar refractivity (Wildman–Crippen MR) is 80.9 cm³/mol. The molecule has 1 aliphatic rings. The molecule has 1 fully saturated rings. The molecule has 0 radical (unpaired) electrons. The Morgan fingerprint density at radius 1 is 1.30 bits per heavy atom. The molecule has 2 rings (SSSR count). The van der Waals surface area contributed by atoms with Crippen molar-refractivity contribution in [1.29, 1.82) is 0 Å². The maximum atomic E-state index is 9.79. The molecule has 0 aromatic heterocycles. The van der Waals surface area contributed by atoms with Gasteiger partial charge in [0.15, 0.2) is 0 Å². The molecule has 1 aliphatic heterocycles. The van der Waals surface area contributed by atoms with Gasteiger partial charge in [0.2, 0.25) is 0 Å². The summed E-state index contributed by atoms with van der Waals surface area (Å²) in [7, 11) is 0. The van der Waals surface area contributed by atoms with E-state index >= 15 is 0 Å². The zero-order valence-electron chi connectivity index (χ0n) is 12.7. The second-order valence-electron chi connectivity index (χ2n) is 6.38. The van der Waals surface area contributed by atoms with Gasteiger partial charge in [0.1, 0.15) is 5.75 Å².